The first-order chi connectivity index (χ1) is 6.83. The SMILES string of the molecule is CN(C)CCN(C)C[C@@]1(CO)CC1(F)F. The van der Waals surface area contributed by atoms with Gasteiger partial charge in [-0.1, -0.05) is 0 Å². The van der Waals surface area contributed by atoms with Gasteiger partial charge < -0.3 is 14.9 Å². The lowest BCUT2D eigenvalue weighted by molar-refractivity contribution is 0.0215. The normalized spacial score (nSPS) is 28.8. The molecule has 1 fully saturated rings. The molecule has 90 valence electrons. The molecular weight excluding hydrogens is 202 g/mol. The molecule has 0 amide bonds. The molecule has 15 heavy (non-hydrogen) atoms. The second kappa shape index (κ2) is 4.31. The highest BCUT2D eigenvalue weighted by Gasteiger charge is 2.70. The Balaban J connectivity index is 2.35. The number of aliphatic hydroxyl groups excluding tert-OH is 1. The second-order valence-electron chi connectivity index (χ2n) is 4.86. The number of alkyl halides is 2. The molecule has 0 aromatic carbocycles. The zero-order chi connectivity index (χ0) is 11.7. The maximum absolute atomic E-state index is 13.0. The Hall–Kier alpha value is -0.260. The molecular formula is C10H20F2N2O. The van der Waals surface area contributed by atoms with E-state index in [0.29, 0.717) is 0 Å². The molecule has 0 heterocycles. The lowest BCUT2D eigenvalue weighted by atomic mass is 10.1. The summed E-state index contributed by atoms with van der Waals surface area (Å²) in [6.45, 7) is 1.42. The molecule has 0 bridgehead atoms. The van der Waals surface area contributed by atoms with Crippen LogP contribution in [0.3, 0.4) is 0 Å². The molecule has 0 aromatic rings. The molecule has 0 saturated heterocycles. The number of halogens is 2. The fourth-order valence-corrected chi connectivity index (χ4v) is 1.74. The second-order valence-corrected chi connectivity index (χ2v) is 4.86. The zero-order valence-corrected chi connectivity index (χ0v) is 9.63. The van der Waals surface area contributed by atoms with Crippen molar-refractivity contribution in [3.63, 3.8) is 0 Å². The first-order valence-corrected chi connectivity index (χ1v) is 5.15. The van der Waals surface area contributed by atoms with Crippen LogP contribution in [0.15, 0.2) is 0 Å². The van der Waals surface area contributed by atoms with Gasteiger partial charge in [0, 0.05) is 26.1 Å². The molecule has 1 rings (SSSR count). The van der Waals surface area contributed by atoms with Gasteiger partial charge in [0.25, 0.3) is 5.92 Å². The van der Waals surface area contributed by atoms with Crippen molar-refractivity contribution < 1.29 is 13.9 Å². The molecule has 1 N–H and O–H groups in total. The lowest BCUT2D eigenvalue weighted by Crippen LogP contribution is -2.36. The van der Waals surface area contributed by atoms with Crippen LogP contribution in [0, 0.1) is 5.41 Å². The van der Waals surface area contributed by atoms with Gasteiger partial charge in [0.2, 0.25) is 0 Å². The summed E-state index contributed by atoms with van der Waals surface area (Å²) in [5.74, 6) is -2.67. The van der Waals surface area contributed by atoms with E-state index in [2.05, 4.69) is 0 Å². The van der Waals surface area contributed by atoms with Crippen LogP contribution in [-0.2, 0) is 0 Å². The maximum Gasteiger partial charge on any atom is 0.258 e. The van der Waals surface area contributed by atoms with Gasteiger partial charge in [-0.2, -0.15) is 0 Å². The maximum atomic E-state index is 13.0. The first kappa shape index (κ1) is 12.8. The van der Waals surface area contributed by atoms with E-state index < -0.39 is 17.9 Å². The molecule has 1 atom stereocenters. The number of aliphatic hydroxyl groups is 1. The fourth-order valence-electron chi connectivity index (χ4n) is 1.74. The minimum atomic E-state index is -2.67. The fraction of sp³-hybridized carbons (Fsp3) is 1.00. The van der Waals surface area contributed by atoms with E-state index in [-0.39, 0.29) is 13.0 Å². The summed E-state index contributed by atoms with van der Waals surface area (Å²) in [4.78, 5) is 3.87. The quantitative estimate of drug-likeness (QED) is 0.709. The average Bonchev–Trinajstić information content (AvgIpc) is 2.65. The zero-order valence-electron chi connectivity index (χ0n) is 9.63. The molecule has 0 aliphatic heterocycles. The van der Waals surface area contributed by atoms with E-state index in [9.17, 15) is 8.78 Å². The van der Waals surface area contributed by atoms with Gasteiger partial charge in [0.05, 0.1) is 12.0 Å². The Morgan fingerprint density at radius 2 is 1.73 bits per heavy atom. The van der Waals surface area contributed by atoms with Crippen molar-refractivity contribution in [2.75, 3.05) is 47.4 Å². The predicted octanol–water partition coefficient (Wildman–Crippen LogP) is 0.497. The summed E-state index contributed by atoms with van der Waals surface area (Å²) in [7, 11) is 5.71. The van der Waals surface area contributed by atoms with Gasteiger partial charge in [-0.25, -0.2) is 8.78 Å². The van der Waals surface area contributed by atoms with Crippen molar-refractivity contribution >= 4 is 0 Å². The monoisotopic (exact) mass is 222 g/mol. The third-order valence-corrected chi connectivity index (χ3v) is 3.02. The van der Waals surface area contributed by atoms with Crippen LogP contribution in [0.2, 0.25) is 0 Å². The standard InChI is InChI=1S/C10H20F2N2O/c1-13(2)4-5-14(3)7-9(8-15)6-10(9,11)12/h15H,4-8H2,1-3H3/t9-/m1/s1. The van der Waals surface area contributed by atoms with E-state index >= 15 is 0 Å². The van der Waals surface area contributed by atoms with E-state index in [1.54, 1.807) is 0 Å². The van der Waals surface area contributed by atoms with E-state index in [1.807, 2.05) is 30.9 Å². The van der Waals surface area contributed by atoms with Crippen LogP contribution in [0.25, 0.3) is 0 Å². The third kappa shape index (κ3) is 2.86. The number of hydrogen-bond donors (Lipinski definition) is 1. The van der Waals surface area contributed by atoms with Crippen LogP contribution in [0.1, 0.15) is 6.42 Å². The van der Waals surface area contributed by atoms with Gasteiger partial charge in [0.1, 0.15) is 0 Å². The number of likely N-dealkylation sites (N-methyl/N-ethyl adjacent to an activating group) is 2. The molecule has 5 heteroatoms. The van der Waals surface area contributed by atoms with E-state index in [4.69, 9.17) is 5.11 Å². The molecule has 0 aromatic heterocycles. The topological polar surface area (TPSA) is 26.7 Å². The van der Waals surface area contributed by atoms with E-state index in [1.165, 1.54) is 0 Å². The van der Waals surface area contributed by atoms with Gasteiger partial charge in [-0.3, -0.25) is 0 Å². The average molecular weight is 222 g/mol. The van der Waals surface area contributed by atoms with Crippen LogP contribution in [0.5, 0.6) is 0 Å². The summed E-state index contributed by atoms with van der Waals surface area (Å²) in [6.07, 6.45) is -0.178. The minimum absolute atomic E-state index is 0.178. The molecule has 1 saturated carbocycles. The smallest absolute Gasteiger partial charge is 0.258 e. The highest BCUT2D eigenvalue weighted by Crippen LogP contribution is 2.60. The number of hydrogen-bond acceptors (Lipinski definition) is 3. The molecule has 0 spiro atoms. The van der Waals surface area contributed by atoms with E-state index in [0.717, 1.165) is 13.1 Å². The van der Waals surface area contributed by atoms with Crippen molar-refractivity contribution in [3.05, 3.63) is 0 Å². The number of rotatable bonds is 6. The van der Waals surface area contributed by atoms with Gasteiger partial charge in [0.15, 0.2) is 0 Å². The highest BCUT2D eigenvalue weighted by molar-refractivity contribution is 5.11. The lowest BCUT2D eigenvalue weighted by Gasteiger charge is -2.23. The summed E-state index contributed by atoms with van der Waals surface area (Å²) in [5, 5.41) is 9.00. The van der Waals surface area contributed by atoms with Gasteiger partial charge >= 0.3 is 0 Å². The summed E-state index contributed by atoms with van der Waals surface area (Å²) in [6, 6.07) is 0. The van der Waals surface area contributed by atoms with Gasteiger partial charge in [-0.05, 0) is 21.1 Å². The number of nitrogens with zero attached hydrogens (tertiary/aromatic N) is 2. The van der Waals surface area contributed by atoms with Crippen molar-refractivity contribution in [2.24, 2.45) is 5.41 Å². The van der Waals surface area contributed by atoms with Crippen LogP contribution < -0.4 is 0 Å². The Kier molecular flexibility index (Phi) is 3.68. The van der Waals surface area contributed by atoms with Crippen LogP contribution >= 0.6 is 0 Å². The highest BCUT2D eigenvalue weighted by atomic mass is 19.3. The molecule has 0 radical (unpaired) electrons. The van der Waals surface area contributed by atoms with Crippen LogP contribution in [-0.4, -0.2) is 68.2 Å². The first-order valence-electron chi connectivity index (χ1n) is 5.15. The van der Waals surface area contributed by atoms with Gasteiger partial charge in [-0.15, -0.1) is 0 Å². The van der Waals surface area contributed by atoms with Crippen molar-refractivity contribution in [1.29, 1.82) is 0 Å². The summed E-state index contributed by atoms with van der Waals surface area (Å²) >= 11 is 0. The largest absolute Gasteiger partial charge is 0.396 e. The van der Waals surface area contributed by atoms with Crippen LogP contribution in [0.4, 0.5) is 8.78 Å². The molecule has 1 aliphatic rings. The summed E-state index contributed by atoms with van der Waals surface area (Å²) < 4.78 is 26.0. The minimum Gasteiger partial charge on any atom is -0.396 e. The molecule has 0 unspecified atom stereocenters. The Morgan fingerprint density at radius 1 is 1.20 bits per heavy atom. The van der Waals surface area contributed by atoms with Crippen molar-refractivity contribution in [3.8, 4) is 0 Å². The Bertz CT molecular complexity index is 223. The Morgan fingerprint density at radius 3 is 2.07 bits per heavy atom. The molecule has 1 aliphatic carbocycles. The predicted molar refractivity (Wildman–Crippen MR) is 55.1 cm³/mol. The Labute approximate surface area is 89.7 Å². The van der Waals surface area contributed by atoms with Crippen molar-refractivity contribution in [1.82, 2.24) is 9.80 Å². The van der Waals surface area contributed by atoms with Crippen molar-refractivity contribution in [2.45, 2.75) is 12.3 Å². The molecule has 3 nitrogen and oxygen atoms in total. The third-order valence-electron chi connectivity index (χ3n) is 3.02. The summed E-state index contributed by atoms with van der Waals surface area (Å²) in [5.41, 5.74) is -1.17.